The molecule has 8 nitrogen and oxygen atoms in total. The van der Waals surface area contributed by atoms with Crippen molar-refractivity contribution >= 4 is 45.1 Å². The van der Waals surface area contributed by atoms with Crippen molar-refractivity contribution in [2.24, 2.45) is 0 Å². The quantitative estimate of drug-likeness (QED) is 0.457. The van der Waals surface area contributed by atoms with E-state index in [1.54, 1.807) is 18.3 Å². The summed E-state index contributed by atoms with van der Waals surface area (Å²) in [6.07, 6.45) is 1.59. The van der Waals surface area contributed by atoms with E-state index in [0.717, 1.165) is 10.2 Å². The average molecular weight is 447 g/mol. The van der Waals surface area contributed by atoms with E-state index in [2.05, 4.69) is 15.3 Å². The molecule has 160 valence electrons. The highest BCUT2D eigenvalue weighted by molar-refractivity contribution is 7.21. The fourth-order valence-corrected chi connectivity index (χ4v) is 4.08. The van der Waals surface area contributed by atoms with E-state index in [1.165, 1.54) is 43.8 Å². The summed E-state index contributed by atoms with van der Waals surface area (Å²) in [6.45, 7) is 0. The number of nitrogens with one attached hydrogen (secondary N) is 1. The first kappa shape index (κ1) is 21.1. The van der Waals surface area contributed by atoms with Gasteiger partial charge in [-0.2, -0.15) is 0 Å². The second kappa shape index (κ2) is 8.94. The maximum absolute atomic E-state index is 13.1. The Labute approximate surface area is 186 Å². The van der Waals surface area contributed by atoms with Crippen LogP contribution in [0.5, 0.6) is 0 Å². The number of hydrogen-bond donors (Lipinski definition) is 1. The maximum atomic E-state index is 13.1. The Kier molecular flexibility index (Phi) is 5.91. The monoisotopic (exact) mass is 447 g/mol. The molecule has 0 aliphatic heterocycles. The third-order valence-corrected chi connectivity index (χ3v) is 5.62. The maximum Gasteiger partial charge on any atom is 0.337 e. The normalized spacial score (nSPS) is 10.6. The smallest absolute Gasteiger partial charge is 0.337 e. The number of amides is 1. The Morgan fingerprint density at radius 1 is 0.906 bits per heavy atom. The Balaban J connectivity index is 1.71. The van der Waals surface area contributed by atoms with Crippen molar-refractivity contribution < 1.29 is 23.9 Å². The Morgan fingerprint density at radius 3 is 2.25 bits per heavy atom. The van der Waals surface area contributed by atoms with Crippen LogP contribution in [0.2, 0.25) is 0 Å². The molecule has 2 heterocycles. The lowest BCUT2D eigenvalue weighted by Gasteiger charge is -2.11. The number of methoxy groups -OCH3 is 2. The number of ether oxygens (including phenoxy) is 2. The highest BCUT2D eigenvalue weighted by Gasteiger charge is 2.19. The molecule has 9 heteroatoms. The number of anilines is 1. The molecule has 0 aliphatic carbocycles. The van der Waals surface area contributed by atoms with Crippen molar-refractivity contribution in [3.8, 4) is 10.7 Å². The number of nitrogens with zero attached hydrogens (tertiary/aromatic N) is 2. The number of esters is 2. The van der Waals surface area contributed by atoms with Crippen molar-refractivity contribution in [1.29, 1.82) is 0 Å². The predicted molar refractivity (Wildman–Crippen MR) is 120 cm³/mol. The lowest BCUT2D eigenvalue weighted by atomic mass is 10.1. The van der Waals surface area contributed by atoms with Gasteiger partial charge in [0.1, 0.15) is 10.7 Å². The van der Waals surface area contributed by atoms with Gasteiger partial charge in [0.15, 0.2) is 0 Å². The topological polar surface area (TPSA) is 107 Å². The second-order valence-corrected chi connectivity index (χ2v) is 7.65. The highest BCUT2D eigenvalue weighted by atomic mass is 32.1. The fraction of sp³-hybridized carbons (Fsp3) is 0.0870. The molecule has 4 aromatic rings. The zero-order valence-electron chi connectivity index (χ0n) is 17.1. The van der Waals surface area contributed by atoms with Crippen LogP contribution < -0.4 is 5.32 Å². The molecule has 0 bridgehead atoms. The number of fused-ring (bicyclic) bond motifs is 1. The van der Waals surface area contributed by atoms with Crippen LogP contribution in [0.25, 0.3) is 20.9 Å². The Hall–Kier alpha value is -4.11. The van der Waals surface area contributed by atoms with Crippen molar-refractivity contribution in [3.63, 3.8) is 0 Å². The minimum atomic E-state index is -0.650. The first-order chi connectivity index (χ1) is 15.5. The van der Waals surface area contributed by atoms with E-state index < -0.39 is 17.8 Å². The summed E-state index contributed by atoms with van der Waals surface area (Å²) in [5, 5.41) is 3.33. The molecule has 0 saturated carbocycles. The number of rotatable bonds is 5. The van der Waals surface area contributed by atoms with Crippen molar-refractivity contribution in [3.05, 3.63) is 77.5 Å². The largest absolute Gasteiger partial charge is 0.465 e. The number of thiazole rings is 1. The molecule has 0 fully saturated rings. The number of aromatic nitrogens is 2. The zero-order chi connectivity index (χ0) is 22.7. The van der Waals surface area contributed by atoms with Crippen molar-refractivity contribution in [1.82, 2.24) is 9.97 Å². The molecular formula is C23H17N3O5S. The molecule has 0 atom stereocenters. The van der Waals surface area contributed by atoms with Crippen molar-refractivity contribution in [2.75, 3.05) is 19.5 Å². The van der Waals surface area contributed by atoms with Gasteiger partial charge >= 0.3 is 11.9 Å². The third kappa shape index (κ3) is 4.19. The minimum absolute atomic E-state index is 0.100. The van der Waals surface area contributed by atoms with E-state index in [1.807, 2.05) is 24.3 Å². The summed E-state index contributed by atoms with van der Waals surface area (Å²) < 4.78 is 10.4. The number of carbonyl (C=O) groups excluding carboxylic acids is 3. The molecule has 2 aromatic carbocycles. The lowest BCUT2D eigenvalue weighted by molar-refractivity contribution is 0.0599. The van der Waals surface area contributed by atoms with Gasteiger partial charge in [-0.1, -0.05) is 12.1 Å². The van der Waals surface area contributed by atoms with Crippen LogP contribution in [0.1, 0.15) is 31.1 Å². The van der Waals surface area contributed by atoms with Crippen LogP contribution in [0.4, 0.5) is 5.69 Å². The van der Waals surface area contributed by atoms with E-state index in [-0.39, 0.29) is 16.8 Å². The SMILES string of the molecule is COC(=O)c1cc(NC(=O)c2cccnc2-c2nc3ccccc3s2)cc(C(=O)OC)c1. The number of pyridine rings is 1. The van der Waals surface area contributed by atoms with Crippen LogP contribution in [-0.4, -0.2) is 42.0 Å². The lowest BCUT2D eigenvalue weighted by Crippen LogP contribution is -2.15. The van der Waals surface area contributed by atoms with Gasteiger partial charge in [-0.05, 0) is 42.5 Å². The molecule has 0 saturated heterocycles. The first-order valence-electron chi connectivity index (χ1n) is 9.44. The van der Waals surface area contributed by atoms with Crippen LogP contribution in [0.15, 0.2) is 60.8 Å². The molecule has 1 N–H and O–H groups in total. The molecule has 0 aliphatic rings. The average Bonchev–Trinajstić information content (AvgIpc) is 3.27. The Morgan fingerprint density at radius 2 is 1.59 bits per heavy atom. The first-order valence-corrected chi connectivity index (χ1v) is 10.3. The van der Waals surface area contributed by atoms with Crippen LogP contribution >= 0.6 is 11.3 Å². The number of para-hydroxylation sites is 1. The van der Waals surface area contributed by atoms with Gasteiger partial charge in [0.25, 0.3) is 5.91 Å². The molecule has 0 spiro atoms. The second-order valence-electron chi connectivity index (χ2n) is 6.62. The molecule has 0 radical (unpaired) electrons. The van der Waals surface area contributed by atoms with E-state index in [9.17, 15) is 14.4 Å². The van der Waals surface area contributed by atoms with Gasteiger partial charge in [-0.15, -0.1) is 11.3 Å². The van der Waals surface area contributed by atoms with Gasteiger partial charge in [-0.3, -0.25) is 9.78 Å². The van der Waals surface area contributed by atoms with Gasteiger partial charge in [0.05, 0.1) is 41.1 Å². The molecule has 1 amide bonds. The van der Waals surface area contributed by atoms with Crippen LogP contribution in [0, 0.1) is 0 Å². The van der Waals surface area contributed by atoms with Crippen LogP contribution in [0.3, 0.4) is 0 Å². The summed E-state index contributed by atoms with van der Waals surface area (Å²) in [4.78, 5) is 46.1. The zero-order valence-corrected chi connectivity index (χ0v) is 17.9. The van der Waals surface area contributed by atoms with Gasteiger partial charge in [0.2, 0.25) is 0 Å². The molecule has 32 heavy (non-hydrogen) atoms. The standard InChI is InChI=1S/C23H17N3O5S/c1-30-22(28)13-10-14(23(29)31-2)12-15(11-13)25-20(27)16-6-5-9-24-19(16)21-26-17-7-3-4-8-18(17)32-21/h3-12H,1-2H3,(H,25,27). The predicted octanol–water partition coefficient (Wildman–Crippen LogP) is 4.18. The summed E-state index contributed by atoms with van der Waals surface area (Å²) in [5.74, 6) is -1.77. The summed E-state index contributed by atoms with van der Waals surface area (Å²) in [6, 6.07) is 15.1. The highest BCUT2D eigenvalue weighted by Crippen LogP contribution is 2.31. The van der Waals surface area contributed by atoms with Crippen molar-refractivity contribution in [2.45, 2.75) is 0 Å². The molecule has 0 unspecified atom stereocenters. The van der Waals surface area contributed by atoms with Crippen LogP contribution in [-0.2, 0) is 9.47 Å². The molecule has 4 rings (SSSR count). The summed E-state index contributed by atoms with van der Waals surface area (Å²) in [7, 11) is 2.46. The summed E-state index contributed by atoms with van der Waals surface area (Å²) in [5.41, 5.74) is 1.99. The minimum Gasteiger partial charge on any atom is -0.465 e. The molecular weight excluding hydrogens is 430 g/mol. The Bertz CT molecular complexity index is 1280. The molecule has 2 aromatic heterocycles. The van der Waals surface area contributed by atoms with E-state index in [4.69, 9.17) is 9.47 Å². The van der Waals surface area contributed by atoms with Gasteiger partial charge in [0, 0.05) is 11.9 Å². The van der Waals surface area contributed by atoms with E-state index >= 15 is 0 Å². The number of benzene rings is 2. The number of carbonyl (C=O) groups is 3. The summed E-state index contributed by atoms with van der Waals surface area (Å²) >= 11 is 1.43. The van der Waals surface area contributed by atoms with E-state index in [0.29, 0.717) is 16.3 Å². The third-order valence-electron chi connectivity index (χ3n) is 4.58. The van der Waals surface area contributed by atoms with Gasteiger partial charge in [-0.25, -0.2) is 14.6 Å². The van der Waals surface area contributed by atoms with Gasteiger partial charge < -0.3 is 14.8 Å². The number of hydrogen-bond acceptors (Lipinski definition) is 8. The fourth-order valence-electron chi connectivity index (χ4n) is 3.10.